The minimum absolute atomic E-state index is 0.00350. The van der Waals surface area contributed by atoms with Crippen molar-refractivity contribution in [1.82, 2.24) is 9.55 Å². The van der Waals surface area contributed by atoms with Crippen LogP contribution in [0.15, 0.2) is 53.5 Å². The molecule has 1 fully saturated rings. The second kappa shape index (κ2) is 6.21. The molecule has 3 nitrogen and oxygen atoms in total. The molecule has 5 rings (SSSR count). The predicted molar refractivity (Wildman–Crippen MR) is 109 cm³/mol. The van der Waals surface area contributed by atoms with E-state index in [1.165, 1.54) is 0 Å². The van der Waals surface area contributed by atoms with E-state index in [9.17, 15) is 13.6 Å². The normalized spacial score (nSPS) is 16.5. The van der Waals surface area contributed by atoms with E-state index in [0.717, 1.165) is 31.7 Å². The number of thiophene rings is 1. The average Bonchev–Trinajstić information content (AvgIpc) is 3.04. The number of hydrogen-bond acceptors (Lipinski definition) is 3. The van der Waals surface area contributed by atoms with Gasteiger partial charge in [0.25, 0.3) is 5.56 Å². The van der Waals surface area contributed by atoms with Crippen molar-refractivity contribution >= 4 is 32.3 Å². The van der Waals surface area contributed by atoms with E-state index in [1.54, 1.807) is 29.1 Å². The summed E-state index contributed by atoms with van der Waals surface area (Å²) in [5.41, 5.74) is 1.78. The van der Waals surface area contributed by atoms with Crippen LogP contribution in [0.25, 0.3) is 32.2 Å². The Hall–Kier alpha value is -2.60. The van der Waals surface area contributed by atoms with E-state index in [2.05, 4.69) is 6.07 Å². The van der Waals surface area contributed by atoms with E-state index < -0.39 is 5.92 Å². The highest BCUT2D eigenvalue weighted by Gasteiger charge is 2.45. The fourth-order valence-electron chi connectivity index (χ4n) is 3.95. The van der Waals surface area contributed by atoms with E-state index >= 15 is 0 Å². The maximum Gasteiger partial charge on any atom is 0.258 e. The van der Waals surface area contributed by atoms with Crippen LogP contribution in [0.1, 0.15) is 17.7 Å². The zero-order valence-corrected chi connectivity index (χ0v) is 16.1. The third-order valence-corrected chi connectivity index (χ3v) is 6.54. The SMILES string of the molecule is Cn1ccc2cc(-c3ccc4cc(CC5CC(F)(F)C5)sc4n3)ccc2c1=O. The standard InChI is InChI=1S/C22H18F2N2OS/c1-26-7-6-14-9-15(2-4-18(14)21(26)27)19-5-3-16-10-17(28-20(16)25-19)8-13-11-22(23,24)12-13/h2-7,9-10,13H,8,11-12H2,1H3. The summed E-state index contributed by atoms with van der Waals surface area (Å²) in [6.45, 7) is 0. The van der Waals surface area contributed by atoms with Crippen molar-refractivity contribution in [2.75, 3.05) is 0 Å². The fraction of sp³-hybridized carbons (Fsp3) is 0.273. The third-order valence-electron chi connectivity index (χ3n) is 5.47. The predicted octanol–water partition coefficient (Wildman–Crippen LogP) is 5.40. The van der Waals surface area contributed by atoms with E-state index in [1.807, 2.05) is 36.4 Å². The molecule has 3 heterocycles. The molecule has 1 saturated carbocycles. The zero-order valence-electron chi connectivity index (χ0n) is 15.3. The molecule has 6 heteroatoms. The minimum Gasteiger partial charge on any atom is -0.318 e. The molecule has 0 unspecified atom stereocenters. The Balaban J connectivity index is 1.47. The molecule has 0 radical (unpaired) electrons. The topological polar surface area (TPSA) is 34.9 Å². The minimum atomic E-state index is -2.47. The molecular weight excluding hydrogens is 378 g/mol. The lowest BCUT2D eigenvalue weighted by atomic mass is 9.79. The molecule has 0 bridgehead atoms. The summed E-state index contributed by atoms with van der Waals surface area (Å²) in [6.07, 6.45) is 2.46. The Morgan fingerprint density at radius 1 is 1.14 bits per heavy atom. The number of pyridine rings is 2. The maximum atomic E-state index is 13.1. The van der Waals surface area contributed by atoms with Gasteiger partial charge in [-0.25, -0.2) is 13.8 Å². The Labute approximate surface area is 164 Å². The number of rotatable bonds is 3. The molecule has 4 aromatic rings. The van der Waals surface area contributed by atoms with Gasteiger partial charge in [-0.3, -0.25) is 4.79 Å². The van der Waals surface area contributed by atoms with Gasteiger partial charge in [-0.2, -0.15) is 0 Å². The number of benzene rings is 1. The molecule has 1 aliphatic carbocycles. The maximum absolute atomic E-state index is 13.1. The zero-order chi connectivity index (χ0) is 19.5. The Bertz CT molecular complexity index is 1270. The second-order valence-electron chi connectivity index (χ2n) is 7.67. The highest BCUT2D eigenvalue weighted by Crippen LogP contribution is 2.44. The smallest absolute Gasteiger partial charge is 0.258 e. The van der Waals surface area contributed by atoms with Crippen molar-refractivity contribution in [2.45, 2.75) is 25.2 Å². The first kappa shape index (κ1) is 17.5. The van der Waals surface area contributed by atoms with Crippen LogP contribution in [0, 0.1) is 5.92 Å². The molecule has 1 aliphatic rings. The van der Waals surface area contributed by atoms with Crippen LogP contribution in [-0.4, -0.2) is 15.5 Å². The van der Waals surface area contributed by atoms with Crippen LogP contribution in [0.5, 0.6) is 0 Å². The highest BCUT2D eigenvalue weighted by atomic mass is 32.1. The number of aromatic nitrogens is 2. The summed E-state index contributed by atoms with van der Waals surface area (Å²) < 4.78 is 27.7. The number of halogens is 2. The number of hydrogen-bond donors (Lipinski definition) is 0. The van der Waals surface area contributed by atoms with Gasteiger partial charge < -0.3 is 4.57 Å². The third kappa shape index (κ3) is 3.02. The Kier molecular flexibility index (Phi) is 3.88. The Morgan fingerprint density at radius 3 is 2.75 bits per heavy atom. The number of alkyl halides is 2. The fourth-order valence-corrected chi connectivity index (χ4v) is 5.09. The first-order chi connectivity index (χ1) is 13.4. The lowest BCUT2D eigenvalue weighted by Gasteiger charge is -2.34. The van der Waals surface area contributed by atoms with Crippen LogP contribution in [0.3, 0.4) is 0 Å². The van der Waals surface area contributed by atoms with Gasteiger partial charge in [-0.1, -0.05) is 6.07 Å². The van der Waals surface area contributed by atoms with Crippen molar-refractivity contribution in [1.29, 1.82) is 0 Å². The molecule has 3 aromatic heterocycles. The van der Waals surface area contributed by atoms with Crippen molar-refractivity contribution in [3.05, 3.63) is 63.9 Å². The molecule has 0 aliphatic heterocycles. The molecule has 28 heavy (non-hydrogen) atoms. The average molecular weight is 396 g/mol. The van der Waals surface area contributed by atoms with Gasteiger partial charge in [0.2, 0.25) is 5.92 Å². The number of nitrogens with zero attached hydrogens (tertiary/aromatic N) is 2. The van der Waals surface area contributed by atoms with Gasteiger partial charge >= 0.3 is 0 Å². The first-order valence-electron chi connectivity index (χ1n) is 9.25. The number of fused-ring (bicyclic) bond motifs is 2. The van der Waals surface area contributed by atoms with E-state index in [-0.39, 0.29) is 24.3 Å². The summed E-state index contributed by atoms with van der Waals surface area (Å²) in [4.78, 5) is 19.0. The van der Waals surface area contributed by atoms with Crippen molar-refractivity contribution < 1.29 is 8.78 Å². The molecule has 142 valence electrons. The quantitative estimate of drug-likeness (QED) is 0.465. The summed E-state index contributed by atoms with van der Waals surface area (Å²) in [7, 11) is 1.74. The van der Waals surface area contributed by atoms with Gasteiger partial charge in [-0.05, 0) is 54.1 Å². The first-order valence-corrected chi connectivity index (χ1v) is 10.1. The summed E-state index contributed by atoms with van der Waals surface area (Å²) >= 11 is 1.58. The molecule has 0 spiro atoms. The molecular formula is C22H18F2N2OS. The van der Waals surface area contributed by atoms with Crippen LogP contribution in [-0.2, 0) is 13.5 Å². The molecule has 0 N–H and O–H groups in total. The van der Waals surface area contributed by atoms with E-state index in [0.29, 0.717) is 11.8 Å². The largest absolute Gasteiger partial charge is 0.318 e. The van der Waals surface area contributed by atoms with Gasteiger partial charge in [0.15, 0.2) is 0 Å². The second-order valence-corrected chi connectivity index (χ2v) is 8.79. The lowest BCUT2D eigenvalue weighted by Crippen LogP contribution is -2.36. The monoisotopic (exact) mass is 396 g/mol. The molecule has 1 aromatic carbocycles. The van der Waals surface area contributed by atoms with Gasteiger partial charge in [-0.15, -0.1) is 11.3 Å². The van der Waals surface area contributed by atoms with Crippen LogP contribution in [0.4, 0.5) is 8.78 Å². The lowest BCUT2D eigenvalue weighted by molar-refractivity contribution is -0.109. The van der Waals surface area contributed by atoms with Crippen LogP contribution in [0.2, 0.25) is 0 Å². The summed E-state index contributed by atoms with van der Waals surface area (Å²) in [6, 6.07) is 13.7. The van der Waals surface area contributed by atoms with Gasteiger partial charge in [0.1, 0.15) is 4.83 Å². The van der Waals surface area contributed by atoms with Crippen LogP contribution < -0.4 is 5.56 Å². The Morgan fingerprint density at radius 2 is 1.96 bits per heavy atom. The van der Waals surface area contributed by atoms with E-state index in [4.69, 9.17) is 4.98 Å². The summed E-state index contributed by atoms with van der Waals surface area (Å²) in [5, 5.41) is 2.62. The van der Waals surface area contributed by atoms with Gasteiger partial charge in [0.05, 0.1) is 5.69 Å². The number of aryl methyl sites for hydroxylation is 1. The molecule has 0 saturated heterocycles. The molecule has 0 amide bonds. The molecule has 0 atom stereocenters. The van der Waals surface area contributed by atoms with Gasteiger partial charge in [0, 0.05) is 47.3 Å². The van der Waals surface area contributed by atoms with Crippen molar-refractivity contribution in [3.63, 3.8) is 0 Å². The highest BCUT2D eigenvalue weighted by molar-refractivity contribution is 7.18. The van der Waals surface area contributed by atoms with Crippen molar-refractivity contribution in [3.8, 4) is 11.3 Å². The summed E-state index contributed by atoms with van der Waals surface area (Å²) in [5.74, 6) is -2.39. The van der Waals surface area contributed by atoms with Crippen LogP contribution >= 0.6 is 11.3 Å². The van der Waals surface area contributed by atoms with Crippen molar-refractivity contribution in [2.24, 2.45) is 13.0 Å².